The van der Waals surface area contributed by atoms with Crippen LogP contribution < -0.4 is 9.64 Å². The molecule has 0 radical (unpaired) electrons. The summed E-state index contributed by atoms with van der Waals surface area (Å²) in [4.78, 5) is 4.38. The molecular formula is C20H23BrCl2F2N2O2. The second-order valence-corrected chi connectivity index (χ2v) is 8.23. The predicted molar refractivity (Wildman–Crippen MR) is 118 cm³/mol. The van der Waals surface area contributed by atoms with Gasteiger partial charge in [-0.05, 0) is 36.8 Å². The molecule has 1 N–H and O–H groups in total. The number of aliphatic hydroxyl groups is 1. The Bertz CT molecular complexity index is 813. The molecule has 2 aromatic rings. The fourth-order valence-corrected chi connectivity index (χ4v) is 3.86. The molecule has 1 atom stereocenters. The van der Waals surface area contributed by atoms with Crippen molar-refractivity contribution in [3.05, 3.63) is 57.0 Å². The van der Waals surface area contributed by atoms with Crippen LogP contribution in [-0.4, -0.2) is 55.4 Å². The van der Waals surface area contributed by atoms with Crippen molar-refractivity contribution in [2.45, 2.75) is 13.0 Å². The Hall–Kier alpha value is -1.12. The van der Waals surface area contributed by atoms with Crippen LogP contribution in [0.3, 0.4) is 0 Å². The van der Waals surface area contributed by atoms with Crippen LogP contribution in [0.1, 0.15) is 5.56 Å². The van der Waals surface area contributed by atoms with Gasteiger partial charge in [-0.25, -0.2) is 8.78 Å². The molecule has 0 bridgehead atoms. The standard InChI is InChI=1S/C20H22BrClF2N2O2.ClH/c1-13-2-3-15(22)10-19(13)26-6-4-25(5-7-26)11-16(27)12-28-20-17(23)8-14(21)9-18(20)24;/h2-3,8-10,16,27H,4-7,11-12H2,1H3;1H. The number of β-amino-alcohol motifs (C(OH)–C–C–N with tert-alkyl or cyclic N) is 1. The Morgan fingerprint density at radius 2 is 1.76 bits per heavy atom. The predicted octanol–water partition coefficient (Wildman–Crippen LogP) is 4.67. The quantitative estimate of drug-likeness (QED) is 0.611. The van der Waals surface area contributed by atoms with E-state index in [0.29, 0.717) is 16.0 Å². The van der Waals surface area contributed by atoms with Gasteiger partial charge in [-0.1, -0.05) is 33.6 Å². The third-order valence-electron chi connectivity index (χ3n) is 4.74. The molecule has 3 rings (SSSR count). The van der Waals surface area contributed by atoms with Crippen molar-refractivity contribution in [3.8, 4) is 5.75 Å². The SMILES string of the molecule is Cc1ccc(Cl)cc1N1CCN(CC(O)COc2c(F)cc(Br)cc2F)CC1.Cl. The number of ether oxygens (including phenoxy) is 1. The summed E-state index contributed by atoms with van der Waals surface area (Å²) in [5.74, 6) is -2.07. The van der Waals surface area contributed by atoms with Crippen molar-refractivity contribution < 1.29 is 18.6 Å². The molecule has 29 heavy (non-hydrogen) atoms. The van der Waals surface area contributed by atoms with Crippen LogP contribution in [0.4, 0.5) is 14.5 Å². The molecular weight excluding hydrogens is 489 g/mol. The van der Waals surface area contributed by atoms with E-state index in [4.69, 9.17) is 16.3 Å². The number of rotatable bonds is 6. The highest BCUT2D eigenvalue weighted by atomic mass is 79.9. The fraction of sp³-hybridized carbons (Fsp3) is 0.400. The van der Waals surface area contributed by atoms with Gasteiger partial charge in [0.15, 0.2) is 17.4 Å². The summed E-state index contributed by atoms with van der Waals surface area (Å²) in [6.07, 6.45) is -0.845. The third-order valence-corrected chi connectivity index (χ3v) is 5.43. The van der Waals surface area contributed by atoms with Gasteiger partial charge in [0.2, 0.25) is 0 Å². The lowest BCUT2D eigenvalue weighted by molar-refractivity contribution is 0.0634. The summed E-state index contributed by atoms with van der Waals surface area (Å²) in [5, 5.41) is 10.9. The van der Waals surface area contributed by atoms with E-state index < -0.39 is 23.5 Å². The molecule has 0 saturated carbocycles. The zero-order chi connectivity index (χ0) is 20.3. The average Bonchev–Trinajstić information content (AvgIpc) is 2.63. The molecule has 0 amide bonds. The molecule has 0 aromatic heterocycles. The monoisotopic (exact) mass is 510 g/mol. The summed E-state index contributed by atoms with van der Waals surface area (Å²) < 4.78 is 33.0. The Kier molecular flexibility index (Phi) is 8.97. The average molecular weight is 512 g/mol. The Morgan fingerprint density at radius 1 is 1.14 bits per heavy atom. The molecule has 1 saturated heterocycles. The van der Waals surface area contributed by atoms with E-state index in [0.717, 1.165) is 44.0 Å². The van der Waals surface area contributed by atoms with Gasteiger partial charge in [-0.2, -0.15) is 0 Å². The molecule has 2 aromatic carbocycles. The third kappa shape index (κ3) is 6.43. The highest BCUT2D eigenvalue weighted by Crippen LogP contribution is 2.27. The minimum atomic E-state index is -0.845. The van der Waals surface area contributed by atoms with Crippen molar-refractivity contribution in [3.63, 3.8) is 0 Å². The second-order valence-electron chi connectivity index (χ2n) is 6.88. The van der Waals surface area contributed by atoms with E-state index in [9.17, 15) is 13.9 Å². The summed E-state index contributed by atoms with van der Waals surface area (Å²) in [5.41, 5.74) is 2.29. The molecule has 1 aliphatic rings. The molecule has 1 aliphatic heterocycles. The number of halogens is 5. The maximum Gasteiger partial charge on any atom is 0.190 e. The van der Waals surface area contributed by atoms with Crippen LogP contribution in [0.2, 0.25) is 5.02 Å². The number of hydrogen-bond donors (Lipinski definition) is 1. The van der Waals surface area contributed by atoms with Gasteiger partial charge < -0.3 is 14.7 Å². The first-order valence-corrected chi connectivity index (χ1v) is 10.2. The van der Waals surface area contributed by atoms with E-state index in [2.05, 4.69) is 32.7 Å². The van der Waals surface area contributed by atoms with E-state index >= 15 is 0 Å². The lowest BCUT2D eigenvalue weighted by Gasteiger charge is -2.37. The molecule has 1 fully saturated rings. The maximum atomic E-state index is 13.8. The van der Waals surface area contributed by atoms with Crippen molar-refractivity contribution >= 4 is 45.6 Å². The lowest BCUT2D eigenvalue weighted by Crippen LogP contribution is -2.49. The van der Waals surface area contributed by atoms with Gasteiger partial charge in [-0.15, -0.1) is 12.4 Å². The highest BCUT2D eigenvalue weighted by Gasteiger charge is 2.21. The van der Waals surface area contributed by atoms with Gasteiger partial charge in [0, 0.05) is 47.9 Å². The van der Waals surface area contributed by atoms with Crippen LogP contribution in [0, 0.1) is 18.6 Å². The van der Waals surface area contributed by atoms with E-state index in [1.807, 2.05) is 18.2 Å². The van der Waals surface area contributed by atoms with Gasteiger partial charge >= 0.3 is 0 Å². The number of nitrogens with zero attached hydrogens (tertiary/aromatic N) is 2. The first-order valence-electron chi connectivity index (χ1n) is 9.02. The van der Waals surface area contributed by atoms with E-state index in [-0.39, 0.29) is 19.0 Å². The molecule has 9 heteroatoms. The van der Waals surface area contributed by atoms with E-state index in [1.54, 1.807) is 0 Å². The van der Waals surface area contributed by atoms with Crippen molar-refractivity contribution in [1.82, 2.24) is 4.90 Å². The molecule has 1 heterocycles. The molecule has 1 unspecified atom stereocenters. The summed E-state index contributed by atoms with van der Waals surface area (Å²) in [7, 11) is 0. The number of aryl methyl sites for hydroxylation is 1. The molecule has 160 valence electrons. The molecule has 0 aliphatic carbocycles. The first-order chi connectivity index (χ1) is 13.3. The van der Waals surface area contributed by atoms with Crippen molar-refractivity contribution in [2.75, 3.05) is 44.2 Å². The van der Waals surface area contributed by atoms with Crippen LogP contribution in [-0.2, 0) is 0 Å². The zero-order valence-electron chi connectivity index (χ0n) is 15.9. The van der Waals surface area contributed by atoms with Gasteiger partial charge in [0.25, 0.3) is 0 Å². The van der Waals surface area contributed by atoms with Crippen molar-refractivity contribution in [2.24, 2.45) is 0 Å². The second kappa shape index (κ2) is 10.8. The zero-order valence-corrected chi connectivity index (χ0v) is 19.0. The maximum absolute atomic E-state index is 13.8. The molecule has 0 spiro atoms. The minimum absolute atomic E-state index is 0. The van der Waals surface area contributed by atoms with Gasteiger partial charge in [-0.3, -0.25) is 4.90 Å². The smallest absolute Gasteiger partial charge is 0.190 e. The largest absolute Gasteiger partial charge is 0.485 e. The summed E-state index contributed by atoms with van der Waals surface area (Å²) in [6, 6.07) is 8.11. The Balaban J connectivity index is 0.00000300. The summed E-state index contributed by atoms with van der Waals surface area (Å²) >= 11 is 9.13. The first kappa shape index (κ1) is 24.2. The van der Waals surface area contributed by atoms with Gasteiger partial charge in [0.05, 0.1) is 0 Å². The number of benzene rings is 2. The van der Waals surface area contributed by atoms with Crippen LogP contribution in [0.25, 0.3) is 0 Å². The highest BCUT2D eigenvalue weighted by molar-refractivity contribution is 9.10. The van der Waals surface area contributed by atoms with Crippen molar-refractivity contribution in [1.29, 1.82) is 0 Å². The summed E-state index contributed by atoms with van der Waals surface area (Å²) in [6.45, 7) is 5.41. The number of anilines is 1. The Morgan fingerprint density at radius 3 is 2.38 bits per heavy atom. The topological polar surface area (TPSA) is 35.9 Å². The van der Waals surface area contributed by atoms with E-state index in [1.165, 1.54) is 5.56 Å². The van der Waals surface area contributed by atoms with Crippen LogP contribution in [0.5, 0.6) is 5.75 Å². The van der Waals surface area contributed by atoms with Crippen LogP contribution in [0.15, 0.2) is 34.8 Å². The fourth-order valence-electron chi connectivity index (χ4n) is 3.29. The number of aliphatic hydroxyl groups excluding tert-OH is 1. The minimum Gasteiger partial charge on any atom is -0.485 e. The normalized spacial score (nSPS) is 15.7. The number of hydrogen-bond acceptors (Lipinski definition) is 4. The molecule has 4 nitrogen and oxygen atoms in total. The van der Waals surface area contributed by atoms with Crippen LogP contribution >= 0.6 is 39.9 Å². The van der Waals surface area contributed by atoms with Gasteiger partial charge in [0.1, 0.15) is 12.7 Å². The Labute approximate surface area is 188 Å². The lowest BCUT2D eigenvalue weighted by atomic mass is 10.1. The number of piperazine rings is 1.